The zero-order chi connectivity index (χ0) is 11.5. The molecule has 0 aromatic carbocycles. The Morgan fingerprint density at radius 2 is 2.31 bits per heavy atom. The first-order chi connectivity index (χ1) is 7.66. The Hall–Kier alpha value is -1.42. The summed E-state index contributed by atoms with van der Waals surface area (Å²) in [5.74, 6) is 0.732. The Balaban J connectivity index is 2.02. The van der Waals surface area contributed by atoms with Crippen LogP contribution in [-0.2, 0) is 0 Å². The van der Waals surface area contributed by atoms with E-state index in [1.54, 1.807) is 18.3 Å². The number of anilines is 1. The summed E-state index contributed by atoms with van der Waals surface area (Å²) in [5.41, 5.74) is 0.609. The highest BCUT2D eigenvalue weighted by Gasteiger charge is 2.24. The lowest BCUT2D eigenvalue weighted by molar-refractivity contribution is 0.101. The standard InChI is InChI=1S/C12H16N2O2/c1-8(15)9-5-6-12(13-7-9)14-10-3-2-4-11(10)16/h5-7,10-11,16H,2-4H2,1H3,(H,13,14)/t10-,11-/m1/s1. The highest BCUT2D eigenvalue weighted by atomic mass is 16.3. The van der Waals surface area contributed by atoms with E-state index in [2.05, 4.69) is 10.3 Å². The summed E-state index contributed by atoms with van der Waals surface area (Å²) in [6.07, 6.45) is 4.14. The van der Waals surface area contributed by atoms with Gasteiger partial charge in [0.2, 0.25) is 0 Å². The topological polar surface area (TPSA) is 62.2 Å². The Morgan fingerprint density at radius 3 is 2.81 bits per heavy atom. The molecule has 4 nitrogen and oxygen atoms in total. The molecule has 86 valence electrons. The van der Waals surface area contributed by atoms with Crippen molar-refractivity contribution in [2.24, 2.45) is 0 Å². The van der Waals surface area contributed by atoms with Crippen LogP contribution in [0.4, 0.5) is 5.82 Å². The van der Waals surface area contributed by atoms with Gasteiger partial charge in [-0.15, -0.1) is 0 Å². The van der Waals surface area contributed by atoms with Crippen LogP contribution in [0.5, 0.6) is 0 Å². The summed E-state index contributed by atoms with van der Waals surface area (Å²) in [4.78, 5) is 15.2. The first-order valence-electron chi connectivity index (χ1n) is 5.58. The van der Waals surface area contributed by atoms with Crippen LogP contribution in [0.3, 0.4) is 0 Å². The van der Waals surface area contributed by atoms with Crippen molar-refractivity contribution in [2.75, 3.05) is 5.32 Å². The van der Waals surface area contributed by atoms with Crippen LogP contribution < -0.4 is 5.32 Å². The van der Waals surface area contributed by atoms with E-state index in [-0.39, 0.29) is 17.9 Å². The third kappa shape index (κ3) is 2.39. The summed E-state index contributed by atoms with van der Waals surface area (Å²) in [6, 6.07) is 3.62. The maximum Gasteiger partial charge on any atom is 0.161 e. The van der Waals surface area contributed by atoms with Gasteiger partial charge in [-0.2, -0.15) is 0 Å². The molecule has 0 bridgehead atoms. The quantitative estimate of drug-likeness (QED) is 0.760. The summed E-state index contributed by atoms with van der Waals surface area (Å²) in [6.45, 7) is 1.52. The van der Waals surface area contributed by atoms with Gasteiger partial charge in [0.1, 0.15) is 5.82 Å². The van der Waals surface area contributed by atoms with Crippen molar-refractivity contribution in [3.63, 3.8) is 0 Å². The van der Waals surface area contributed by atoms with Crippen molar-refractivity contribution in [1.82, 2.24) is 4.98 Å². The molecule has 1 aromatic rings. The van der Waals surface area contributed by atoms with Crippen LogP contribution in [0.2, 0.25) is 0 Å². The summed E-state index contributed by atoms with van der Waals surface area (Å²) in [7, 11) is 0. The Labute approximate surface area is 94.7 Å². The molecule has 1 saturated carbocycles. The number of nitrogens with zero attached hydrogens (tertiary/aromatic N) is 1. The van der Waals surface area contributed by atoms with Crippen LogP contribution >= 0.6 is 0 Å². The number of pyridine rings is 1. The van der Waals surface area contributed by atoms with Gasteiger partial charge in [-0.1, -0.05) is 0 Å². The van der Waals surface area contributed by atoms with E-state index >= 15 is 0 Å². The van der Waals surface area contributed by atoms with Crippen molar-refractivity contribution in [3.05, 3.63) is 23.9 Å². The molecule has 0 radical (unpaired) electrons. The fourth-order valence-corrected chi connectivity index (χ4v) is 1.99. The number of aromatic nitrogens is 1. The number of hydrogen-bond donors (Lipinski definition) is 2. The molecular weight excluding hydrogens is 204 g/mol. The van der Waals surface area contributed by atoms with Crippen molar-refractivity contribution in [3.8, 4) is 0 Å². The minimum absolute atomic E-state index is 0.0138. The normalized spacial score (nSPS) is 24.4. The minimum Gasteiger partial charge on any atom is -0.391 e. The number of rotatable bonds is 3. The van der Waals surface area contributed by atoms with Gasteiger partial charge in [-0.3, -0.25) is 4.79 Å². The lowest BCUT2D eigenvalue weighted by Gasteiger charge is -2.16. The SMILES string of the molecule is CC(=O)c1ccc(N[C@@H]2CCC[C@H]2O)nc1. The fraction of sp³-hybridized carbons (Fsp3) is 0.500. The van der Waals surface area contributed by atoms with E-state index in [0.717, 1.165) is 25.1 Å². The summed E-state index contributed by atoms with van der Waals surface area (Å²) < 4.78 is 0. The van der Waals surface area contributed by atoms with Crippen molar-refractivity contribution in [1.29, 1.82) is 0 Å². The molecular formula is C12H16N2O2. The molecule has 0 spiro atoms. The number of carbonyl (C=O) groups excluding carboxylic acids is 1. The highest BCUT2D eigenvalue weighted by molar-refractivity contribution is 5.93. The molecule has 2 atom stereocenters. The molecule has 1 heterocycles. The molecule has 1 aliphatic rings. The molecule has 2 rings (SSSR count). The lowest BCUT2D eigenvalue weighted by atomic mass is 10.2. The number of Topliss-reactive ketones (excluding diaryl/α,β-unsaturated/α-hetero) is 1. The van der Waals surface area contributed by atoms with E-state index in [1.165, 1.54) is 6.92 Å². The van der Waals surface area contributed by atoms with Crippen molar-refractivity contribution in [2.45, 2.75) is 38.3 Å². The predicted molar refractivity (Wildman–Crippen MR) is 61.5 cm³/mol. The smallest absolute Gasteiger partial charge is 0.161 e. The molecule has 1 aliphatic carbocycles. The maximum atomic E-state index is 11.1. The summed E-state index contributed by atoms with van der Waals surface area (Å²) >= 11 is 0. The number of hydrogen-bond acceptors (Lipinski definition) is 4. The van der Waals surface area contributed by atoms with E-state index < -0.39 is 0 Å². The van der Waals surface area contributed by atoms with Gasteiger partial charge < -0.3 is 10.4 Å². The van der Waals surface area contributed by atoms with E-state index in [0.29, 0.717) is 5.56 Å². The lowest BCUT2D eigenvalue weighted by Crippen LogP contribution is -2.28. The highest BCUT2D eigenvalue weighted by Crippen LogP contribution is 2.22. The number of aliphatic hydroxyl groups is 1. The molecule has 1 fully saturated rings. The Bertz CT molecular complexity index is 375. The Kier molecular flexibility index (Phi) is 3.19. The molecule has 4 heteroatoms. The van der Waals surface area contributed by atoms with Crippen LogP contribution in [0.25, 0.3) is 0 Å². The second-order valence-electron chi connectivity index (χ2n) is 4.24. The molecule has 2 N–H and O–H groups in total. The zero-order valence-corrected chi connectivity index (χ0v) is 9.31. The minimum atomic E-state index is -0.283. The molecule has 0 unspecified atom stereocenters. The molecule has 1 aromatic heterocycles. The number of carbonyl (C=O) groups is 1. The Morgan fingerprint density at radius 1 is 1.50 bits per heavy atom. The van der Waals surface area contributed by atoms with Crippen LogP contribution in [0, 0.1) is 0 Å². The molecule has 0 amide bonds. The summed E-state index contributed by atoms with van der Waals surface area (Å²) in [5, 5.41) is 12.8. The van der Waals surface area contributed by atoms with Crippen molar-refractivity contribution < 1.29 is 9.90 Å². The van der Waals surface area contributed by atoms with Crippen LogP contribution in [0.15, 0.2) is 18.3 Å². The first kappa shape index (κ1) is 11.1. The van der Waals surface area contributed by atoms with Gasteiger partial charge >= 0.3 is 0 Å². The molecule has 16 heavy (non-hydrogen) atoms. The largest absolute Gasteiger partial charge is 0.391 e. The zero-order valence-electron chi connectivity index (χ0n) is 9.31. The van der Waals surface area contributed by atoms with Gasteiger partial charge in [-0.25, -0.2) is 4.98 Å². The second kappa shape index (κ2) is 4.61. The monoisotopic (exact) mass is 220 g/mol. The van der Waals surface area contributed by atoms with Gasteiger partial charge in [-0.05, 0) is 38.3 Å². The maximum absolute atomic E-state index is 11.1. The average molecular weight is 220 g/mol. The van der Waals surface area contributed by atoms with E-state index in [9.17, 15) is 9.90 Å². The van der Waals surface area contributed by atoms with Crippen molar-refractivity contribution >= 4 is 11.6 Å². The van der Waals surface area contributed by atoms with E-state index in [4.69, 9.17) is 0 Å². The van der Waals surface area contributed by atoms with Gasteiger partial charge in [0.15, 0.2) is 5.78 Å². The predicted octanol–water partition coefficient (Wildman–Crippen LogP) is 1.61. The van der Waals surface area contributed by atoms with Crippen LogP contribution in [-0.4, -0.2) is 28.0 Å². The van der Waals surface area contributed by atoms with Crippen LogP contribution in [0.1, 0.15) is 36.5 Å². The number of ketones is 1. The molecule has 0 aliphatic heterocycles. The van der Waals surface area contributed by atoms with Gasteiger partial charge in [0, 0.05) is 11.8 Å². The van der Waals surface area contributed by atoms with Gasteiger partial charge in [0.05, 0.1) is 12.1 Å². The molecule has 0 saturated heterocycles. The third-order valence-electron chi connectivity index (χ3n) is 2.98. The number of nitrogens with one attached hydrogen (secondary N) is 1. The number of aliphatic hydroxyl groups excluding tert-OH is 1. The second-order valence-corrected chi connectivity index (χ2v) is 4.24. The first-order valence-corrected chi connectivity index (χ1v) is 5.58. The van der Waals surface area contributed by atoms with Gasteiger partial charge in [0.25, 0.3) is 0 Å². The average Bonchev–Trinajstić information content (AvgIpc) is 2.65. The van der Waals surface area contributed by atoms with E-state index in [1.807, 2.05) is 0 Å². The third-order valence-corrected chi connectivity index (χ3v) is 2.98. The fourth-order valence-electron chi connectivity index (χ4n) is 1.99.